The van der Waals surface area contributed by atoms with Crippen LogP contribution in [-0.4, -0.2) is 18.9 Å². The average Bonchev–Trinajstić information content (AvgIpc) is 3.11. The molecule has 3 nitrogen and oxygen atoms in total. The van der Waals surface area contributed by atoms with Gasteiger partial charge in [0.05, 0.1) is 5.56 Å². The highest BCUT2D eigenvalue weighted by Gasteiger charge is 2.43. The summed E-state index contributed by atoms with van der Waals surface area (Å²) in [5.74, 6) is 0.176. The predicted octanol–water partition coefficient (Wildman–Crippen LogP) is 5.69. The predicted molar refractivity (Wildman–Crippen MR) is 97.2 cm³/mol. The molecule has 0 amide bonds. The maximum absolute atomic E-state index is 12.7. The molecule has 0 radical (unpaired) electrons. The number of benzene rings is 1. The number of ether oxygens (including phenoxy) is 2. The van der Waals surface area contributed by atoms with Crippen LogP contribution in [0.4, 0.5) is 0 Å². The third-order valence-corrected chi connectivity index (χ3v) is 5.64. The van der Waals surface area contributed by atoms with E-state index in [0.717, 1.165) is 25.7 Å². The van der Waals surface area contributed by atoms with Gasteiger partial charge in [0.2, 0.25) is 6.29 Å². The highest BCUT2D eigenvalue weighted by Crippen LogP contribution is 2.45. The van der Waals surface area contributed by atoms with Crippen molar-refractivity contribution in [2.75, 3.05) is 6.61 Å². The second-order valence-corrected chi connectivity index (χ2v) is 7.05. The van der Waals surface area contributed by atoms with E-state index >= 15 is 0 Å². The van der Waals surface area contributed by atoms with Crippen LogP contribution in [0.1, 0.15) is 88.1 Å². The van der Waals surface area contributed by atoms with Crippen molar-refractivity contribution < 1.29 is 14.3 Å². The van der Waals surface area contributed by atoms with Gasteiger partial charge in [0.25, 0.3) is 0 Å². The van der Waals surface area contributed by atoms with Crippen LogP contribution in [0.5, 0.6) is 0 Å². The Morgan fingerprint density at radius 3 is 2.50 bits per heavy atom. The third-order valence-electron chi connectivity index (χ3n) is 5.64. The topological polar surface area (TPSA) is 35.5 Å². The number of esters is 1. The van der Waals surface area contributed by atoms with Crippen LogP contribution in [-0.2, 0) is 9.47 Å². The molecular weight excluding hydrogens is 300 g/mol. The Balaban J connectivity index is 2.16. The zero-order valence-electron chi connectivity index (χ0n) is 15.6. The molecule has 1 saturated carbocycles. The molecule has 0 bridgehead atoms. The van der Waals surface area contributed by atoms with Gasteiger partial charge >= 0.3 is 5.97 Å². The summed E-state index contributed by atoms with van der Waals surface area (Å²) in [6.07, 6.45) is 6.14. The van der Waals surface area contributed by atoms with Crippen LogP contribution in [0.3, 0.4) is 0 Å². The van der Waals surface area contributed by atoms with Crippen LogP contribution in [0.15, 0.2) is 24.3 Å². The summed E-state index contributed by atoms with van der Waals surface area (Å²) in [6, 6.07) is 7.83. The molecule has 0 spiro atoms. The molecule has 0 aliphatic heterocycles. The summed E-state index contributed by atoms with van der Waals surface area (Å²) >= 11 is 0. The molecule has 2 atom stereocenters. The lowest BCUT2D eigenvalue weighted by molar-refractivity contribution is -0.175. The normalized spacial score (nSPS) is 19.0. The molecule has 24 heavy (non-hydrogen) atoms. The van der Waals surface area contributed by atoms with E-state index < -0.39 is 6.29 Å². The summed E-state index contributed by atoms with van der Waals surface area (Å²) in [6.45, 7) is 9.04. The third kappa shape index (κ3) is 4.18. The van der Waals surface area contributed by atoms with Gasteiger partial charge in [-0.3, -0.25) is 0 Å². The smallest absolute Gasteiger partial charge is 0.340 e. The Hall–Kier alpha value is -1.35. The van der Waals surface area contributed by atoms with Crippen molar-refractivity contribution >= 4 is 5.97 Å². The number of hydrogen-bond donors (Lipinski definition) is 0. The van der Waals surface area contributed by atoms with Crippen LogP contribution < -0.4 is 0 Å². The van der Waals surface area contributed by atoms with Crippen LogP contribution in [0.2, 0.25) is 0 Å². The molecule has 0 heterocycles. The second kappa shape index (κ2) is 8.66. The Morgan fingerprint density at radius 2 is 1.92 bits per heavy atom. The Morgan fingerprint density at radius 1 is 1.21 bits per heavy atom. The van der Waals surface area contributed by atoms with Crippen LogP contribution in [0, 0.1) is 5.41 Å². The minimum absolute atomic E-state index is 0.0139. The van der Waals surface area contributed by atoms with Gasteiger partial charge in [-0.05, 0) is 56.2 Å². The molecule has 2 rings (SSSR count). The van der Waals surface area contributed by atoms with Crippen molar-refractivity contribution in [2.45, 2.75) is 78.4 Å². The van der Waals surface area contributed by atoms with Gasteiger partial charge in [0, 0.05) is 12.0 Å². The monoisotopic (exact) mass is 332 g/mol. The van der Waals surface area contributed by atoms with E-state index in [-0.39, 0.29) is 11.4 Å². The van der Waals surface area contributed by atoms with Crippen LogP contribution >= 0.6 is 0 Å². The lowest BCUT2D eigenvalue weighted by Gasteiger charge is -2.35. The fraction of sp³-hybridized carbons (Fsp3) is 0.667. The molecule has 0 saturated heterocycles. The zero-order valence-corrected chi connectivity index (χ0v) is 15.6. The molecule has 0 N–H and O–H groups in total. The summed E-state index contributed by atoms with van der Waals surface area (Å²) < 4.78 is 11.7. The molecule has 1 aliphatic carbocycles. The fourth-order valence-corrected chi connectivity index (χ4v) is 3.70. The van der Waals surface area contributed by atoms with E-state index in [4.69, 9.17) is 9.47 Å². The number of carbonyl (C=O) groups is 1. The van der Waals surface area contributed by atoms with E-state index in [9.17, 15) is 4.79 Å². The molecule has 2 unspecified atom stereocenters. The lowest BCUT2D eigenvalue weighted by atomic mass is 9.82. The largest absolute Gasteiger partial charge is 0.432 e. The van der Waals surface area contributed by atoms with Crippen molar-refractivity contribution in [2.24, 2.45) is 5.41 Å². The van der Waals surface area contributed by atoms with Crippen LogP contribution in [0.25, 0.3) is 0 Å². The summed E-state index contributed by atoms with van der Waals surface area (Å²) in [7, 11) is 0. The first-order valence-electron chi connectivity index (χ1n) is 9.48. The zero-order chi connectivity index (χ0) is 17.6. The van der Waals surface area contributed by atoms with Gasteiger partial charge in [0.1, 0.15) is 0 Å². The van der Waals surface area contributed by atoms with Gasteiger partial charge in [0.15, 0.2) is 0 Å². The summed E-state index contributed by atoms with van der Waals surface area (Å²) in [5.41, 5.74) is 1.80. The molecule has 3 heteroatoms. The number of carbonyl (C=O) groups excluding carboxylic acids is 1. The first-order chi connectivity index (χ1) is 11.6. The minimum Gasteiger partial charge on any atom is -0.432 e. The molecule has 1 fully saturated rings. The lowest BCUT2D eigenvalue weighted by Crippen LogP contribution is -2.38. The van der Waals surface area contributed by atoms with E-state index in [1.807, 2.05) is 25.1 Å². The number of rotatable bonds is 8. The van der Waals surface area contributed by atoms with Gasteiger partial charge in [-0.25, -0.2) is 4.79 Å². The fourth-order valence-electron chi connectivity index (χ4n) is 3.70. The van der Waals surface area contributed by atoms with Crippen molar-refractivity contribution in [3.8, 4) is 0 Å². The van der Waals surface area contributed by atoms with E-state index in [2.05, 4.69) is 26.8 Å². The highest BCUT2D eigenvalue weighted by atomic mass is 16.7. The van der Waals surface area contributed by atoms with Crippen molar-refractivity contribution in [1.29, 1.82) is 0 Å². The van der Waals surface area contributed by atoms with Gasteiger partial charge in [-0.1, -0.05) is 45.7 Å². The second-order valence-electron chi connectivity index (χ2n) is 7.05. The Bertz CT molecular complexity index is 532. The molecule has 1 aliphatic rings. The Labute approximate surface area is 146 Å². The quantitative estimate of drug-likeness (QED) is 0.453. The standard InChI is InChI=1S/C21H32O3/c1-5-16(4)17-11-10-12-18(15-17)19(22)24-20(23-7-3)21(6-2)13-8-9-14-21/h10-12,15-16,20H,5-9,13-14H2,1-4H3. The van der Waals surface area contributed by atoms with Crippen molar-refractivity contribution in [3.05, 3.63) is 35.4 Å². The van der Waals surface area contributed by atoms with Gasteiger partial charge in [-0.15, -0.1) is 0 Å². The maximum Gasteiger partial charge on any atom is 0.340 e. The average molecular weight is 332 g/mol. The van der Waals surface area contributed by atoms with Crippen molar-refractivity contribution in [3.63, 3.8) is 0 Å². The first-order valence-corrected chi connectivity index (χ1v) is 9.48. The molecule has 134 valence electrons. The molecule has 0 aromatic heterocycles. The van der Waals surface area contributed by atoms with E-state index in [1.54, 1.807) is 0 Å². The van der Waals surface area contributed by atoms with Gasteiger partial charge in [-0.2, -0.15) is 0 Å². The molecule has 1 aromatic carbocycles. The first kappa shape index (κ1) is 19.0. The maximum atomic E-state index is 12.7. The van der Waals surface area contributed by atoms with E-state index in [0.29, 0.717) is 18.1 Å². The van der Waals surface area contributed by atoms with Gasteiger partial charge < -0.3 is 9.47 Å². The summed E-state index contributed by atoms with van der Waals surface area (Å²) in [4.78, 5) is 12.7. The summed E-state index contributed by atoms with van der Waals surface area (Å²) in [5, 5.41) is 0. The van der Waals surface area contributed by atoms with E-state index in [1.165, 1.54) is 18.4 Å². The minimum atomic E-state index is -0.435. The number of hydrogen-bond acceptors (Lipinski definition) is 3. The molecule has 1 aromatic rings. The molecular formula is C21H32O3. The SMILES string of the molecule is CCOC(OC(=O)c1cccc(C(C)CC)c1)C1(CC)CCCC1. The Kier molecular flexibility index (Phi) is 6.85. The van der Waals surface area contributed by atoms with Crippen molar-refractivity contribution in [1.82, 2.24) is 0 Å². The highest BCUT2D eigenvalue weighted by molar-refractivity contribution is 5.89.